The predicted octanol–water partition coefficient (Wildman–Crippen LogP) is 3.29. The van der Waals surface area contributed by atoms with Crippen LogP contribution < -0.4 is 10.5 Å². The van der Waals surface area contributed by atoms with Crippen LogP contribution in [0.3, 0.4) is 0 Å². The van der Waals surface area contributed by atoms with E-state index in [0.717, 1.165) is 27.6 Å². The van der Waals surface area contributed by atoms with Crippen molar-refractivity contribution in [3.05, 3.63) is 59.3 Å². The first-order valence-corrected chi connectivity index (χ1v) is 15.8. The van der Waals surface area contributed by atoms with E-state index in [2.05, 4.69) is 9.71 Å². The largest absolute Gasteiger partial charge is 0.366 e. The number of nitrogens with one attached hydrogen (secondary N) is 2. The molecule has 0 saturated carbocycles. The average Bonchev–Trinajstić information content (AvgIpc) is 3.31. The van der Waals surface area contributed by atoms with E-state index in [1.807, 2.05) is 43.5 Å². The number of benzene rings is 2. The number of hydrogen-bond donors (Lipinski definition) is 3. The lowest BCUT2D eigenvalue weighted by Gasteiger charge is -2.31. The maximum Gasteiger partial charge on any atom is 0.250 e. The highest BCUT2D eigenvalue weighted by atomic mass is 32.2. The van der Waals surface area contributed by atoms with Gasteiger partial charge in [0.1, 0.15) is 0 Å². The number of fused-ring (bicyclic) bond motifs is 1. The summed E-state index contributed by atoms with van der Waals surface area (Å²) in [6.45, 7) is 4.58. The molecule has 0 unspecified atom stereocenters. The zero-order valence-electron chi connectivity index (χ0n) is 21.2. The minimum absolute atomic E-state index is 0.0743. The van der Waals surface area contributed by atoms with Crippen LogP contribution in [-0.2, 0) is 26.6 Å². The lowest BCUT2D eigenvalue weighted by molar-refractivity contribution is 0.100. The Morgan fingerprint density at radius 1 is 1.08 bits per heavy atom. The zero-order chi connectivity index (χ0) is 26.8. The molecule has 1 aliphatic heterocycles. The molecule has 1 saturated heterocycles. The second-order valence-corrected chi connectivity index (χ2v) is 13.7. The maximum atomic E-state index is 12.4. The van der Waals surface area contributed by atoms with Crippen molar-refractivity contribution in [3.63, 3.8) is 0 Å². The summed E-state index contributed by atoms with van der Waals surface area (Å²) in [4.78, 5) is 15.6. The SMILES string of the molecule is CCCS(=O)(=O)NCc1cccc(-c2cc(C(N)=O)c3[nH]cc(C4CCN(S(=O)(=O)CC)CC4)c3c2)c1. The summed E-state index contributed by atoms with van der Waals surface area (Å²) in [5.74, 6) is -0.236. The van der Waals surface area contributed by atoms with Crippen molar-refractivity contribution < 1.29 is 21.6 Å². The fraction of sp³-hybridized carbons (Fsp3) is 0.423. The molecular weight excluding hydrogens is 512 g/mol. The summed E-state index contributed by atoms with van der Waals surface area (Å²) in [6, 6.07) is 11.3. The minimum Gasteiger partial charge on any atom is -0.366 e. The van der Waals surface area contributed by atoms with Gasteiger partial charge in [-0.3, -0.25) is 4.79 Å². The molecule has 1 fully saturated rings. The van der Waals surface area contributed by atoms with Gasteiger partial charge >= 0.3 is 0 Å². The molecule has 1 aliphatic rings. The highest BCUT2D eigenvalue weighted by Crippen LogP contribution is 2.37. The van der Waals surface area contributed by atoms with Crippen LogP contribution in [0, 0.1) is 0 Å². The molecule has 3 aromatic rings. The second kappa shape index (κ2) is 10.9. The summed E-state index contributed by atoms with van der Waals surface area (Å²) in [6.07, 6.45) is 3.82. The van der Waals surface area contributed by atoms with Crippen LogP contribution in [0.2, 0.25) is 0 Å². The van der Waals surface area contributed by atoms with Crippen molar-refractivity contribution >= 4 is 36.9 Å². The van der Waals surface area contributed by atoms with E-state index in [1.54, 1.807) is 17.3 Å². The summed E-state index contributed by atoms with van der Waals surface area (Å²) in [5, 5.41) is 0.886. The molecule has 4 N–H and O–H groups in total. The molecule has 9 nitrogen and oxygen atoms in total. The number of sulfonamides is 2. The van der Waals surface area contributed by atoms with Crippen molar-refractivity contribution in [2.24, 2.45) is 5.73 Å². The van der Waals surface area contributed by atoms with Crippen molar-refractivity contribution in [3.8, 4) is 11.1 Å². The van der Waals surface area contributed by atoms with Gasteiger partial charge in [-0.2, -0.15) is 0 Å². The van der Waals surface area contributed by atoms with Gasteiger partial charge in [0, 0.05) is 31.2 Å². The zero-order valence-corrected chi connectivity index (χ0v) is 22.8. The number of piperidine rings is 1. The van der Waals surface area contributed by atoms with Crippen LogP contribution in [0.5, 0.6) is 0 Å². The molecule has 0 radical (unpaired) electrons. The third-order valence-corrected chi connectivity index (χ3v) is 10.4. The van der Waals surface area contributed by atoms with Gasteiger partial charge in [0.15, 0.2) is 0 Å². The molecule has 2 heterocycles. The van der Waals surface area contributed by atoms with Gasteiger partial charge in [0.25, 0.3) is 5.91 Å². The molecule has 0 aliphatic carbocycles. The molecule has 2 aromatic carbocycles. The van der Waals surface area contributed by atoms with Crippen molar-refractivity contribution in [1.82, 2.24) is 14.0 Å². The van der Waals surface area contributed by atoms with Gasteiger partial charge in [-0.25, -0.2) is 25.9 Å². The molecule has 0 atom stereocenters. The Labute approximate surface area is 218 Å². The number of carbonyl (C=O) groups excluding carboxylic acids is 1. The Balaban J connectivity index is 1.66. The first-order valence-electron chi connectivity index (χ1n) is 12.5. The standard InChI is InChI=1S/C26H34N4O5S2/c1-3-12-36(32,33)29-16-18-6-5-7-20(13-18)21-14-22-24(17-28-25(22)23(15-21)26(27)31)19-8-10-30(11-9-19)37(34,35)4-2/h5-7,13-15,17,19,28-29H,3-4,8-12,16H2,1-2H3,(H2,27,31). The first kappa shape index (κ1) is 27.3. The summed E-state index contributed by atoms with van der Waals surface area (Å²) in [7, 11) is -6.55. The van der Waals surface area contributed by atoms with Crippen LogP contribution in [0.15, 0.2) is 42.6 Å². The highest BCUT2D eigenvalue weighted by Gasteiger charge is 2.29. The molecule has 0 spiro atoms. The fourth-order valence-corrected chi connectivity index (χ4v) is 7.17. The predicted molar refractivity (Wildman–Crippen MR) is 146 cm³/mol. The van der Waals surface area contributed by atoms with Gasteiger partial charge in [-0.15, -0.1) is 0 Å². The maximum absolute atomic E-state index is 12.4. The smallest absolute Gasteiger partial charge is 0.250 e. The Hall–Kier alpha value is -2.73. The molecule has 37 heavy (non-hydrogen) atoms. The van der Waals surface area contributed by atoms with Gasteiger partial charge in [-0.05, 0) is 72.6 Å². The quantitative estimate of drug-likeness (QED) is 0.358. The number of hydrogen-bond acceptors (Lipinski definition) is 5. The third kappa shape index (κ3) is 6.06. The van der Waals surface area contributed by atoms with E-state index in [-0.39, 0.29) is 24.0 Å². The van der Waals surface area contributed by atoms with Gasteiger partial charge in [-0.1, -0.05) is 25.1 Å². The Morgan fingerprint density at radius 2 is 1.81 bits per heavy atom. The molecule has 200 valence electrons. The average molecular weight is 547 g/mol. The van der Waals surface area contributed by atoms with Crippen molar-refractivity contribution in [1.29, 1.82) is 0 Å². The van der Waals surface area contributed by atoms with Crippen molar-refractivity contribution in [2.45, 2.75) is 45.6 Å². The third-order valence-electron chi connectivity index (χ3n) is 6.97. The van der Waals surface area contributed by atoms with Crippen LogP contribution in [0.1, 0.15) is 60.5 Å². The monoisotopic (exact) mass is 546 g/mol. The van der Waals surface area contributed by atoms with Crippen LogP contribution >= 0.6 is 0 Å². The fourth-order valence-electron chi connectivity index (χ4n) is 4.97. The van der Waals surface area contributed by atoms with Crippen LogP contribution in [0.25, 0.3) is 22.0 Å². The summed E-state index contributed by atoms with van der Waals surface area (Å²) >= 11 is 0. The number of amides is 1. The number of nitrogens with two attached hydrogens (primary N) is 1. The molecule has 4 rings (SSSR count). The molecule has 11 heteroatoms. The Bertz CT molecular complexity index is 1500. The summed E-state index contributed by atoms with van der Waals surface area (Å²) < 4.78 is 52.9. The summed E-state index contributed by atoms with van der Waals surface area (Å²) in [5.41, 5.74) is 10.3. The highest BCUT2D eigenvalue weighted by molar-refractivity contribution is 7.89. The van der Waals surface area contributed by atoms with E-state index < -0.39 is 26.0 Å². The molecule has 0 bridgehead atoms. The topological polar surface area (TPSA) is 142 Å². The lowest BCUT2D eigenvalue weighted by atomic mass is 9.88. The van der Waals surface area contributed by atoms with E-state index in [4.69, 9.17) is 5.73 Å². The van der Waals surface area contributed by atoms with Crippen molar-refractivity contribution in [2.75, 3.05) is 24.6 Å². The molecule has 1 aromatic heterocycles. The van der Waals surface area contributed by atoms with Crippen LogP contribution in [0.4, 0.5) is 0 Å². The van der Waals surface area contributed by atoms with E-state index in [0.29, 0.717) is 43.4 Å². The van der Waals surface area contributed by atoms with Crippen LogP contribution in [-0.4, -0.2) is 56.6 Å². The molecular formula is C26H34N4O5S2. The van der Waals surface area contributed by atoms with E-state index in [1.165, 1.54) is 0 Å². The number of carbonyl (C=O) groups is 1. The number of H-pyrrole nitrogens is 1. The van der Waals surface area contributed by atoms with Gasteiger partial charge < -0.3 is 10.7 Å². The Kier molecular flexibility index (Phi) is 8.08. The number of aromatic nitrogens is 1. The minimum atomic E-state index is -3.34. The second-order valence-electron chi connectivity index (χ2n) is 9.47. The van der Waals surface area contributed by atoms with E-state index >= 15 is 0 Å². The number of aromatic amines is 1. The normalized spacial score (nSPS) is 15.8. The Morgan fingerprint density at radius 3 is 2.46 bits per heavy atom. The van der Waals surface area contributed by atoms with Gasteiger partial charge in [0.05, 0.1) is 22.6 Å². The van der Waals surface area contributed by atoms with E-state index in [9.17, 15) is 21.6 Å². The number of primary amides is 1. The number of nitrogens with zero attached hydrogens (tertiary/aromatic N) is 1. The number of rotatable bonds is 10. The first-order chi connectivity index (χ1) is 17.5. The molecule has 1 amide bonds. The lowest BCUT2D eigenvalue weighted by Crippen LogP contribution is -2.38. The van der Waals surface area contributed by atoms with Gasteiger partial charge in [0.2, 0.25) is 20.0 Å².